The monoisotopic (exact) mass is 214 g/mol. The summed E-state index contributed by atoms with van der Waals surface area (Å²) in [4.78, 5) is 14.0. The predicted octanol–water partition coefficient (Wildman–Crippen LogP) is 0.622. The lowest BCUT2D eigenvalue weighted by Crippen LogP contribution is -2.48. The summed E-state index contributed by atoms with van der Waals surface area (Å²) in [5.41, 5.74) is 0. The number of carbonyl (C=O) groups excluding carboxylic acids is 1. The third-order valence-electron chi connectivity index (χ3n) is 2.92. The number of methoxy groups -OCH3 is 1. The predicted molar refractivity (Wildman–Crippen MR) is 59.7 cm³/mol. The number of nitrogens with one attached hydrogen (secondary N) is 1. The number of amides is 1. The SMILES string of the molecule is CCN(C(=O)C1CCCN1)C(C)COC. The maximum absolute atomic E-state index is 12.1. The minimum absolute atomic E-state index is 0.0317. The van der Waals surface area contributed by atoms with Crippen LogP contribution in [0, 0.1) is 0 Å². The van der Waals surface area contributed by atoms with Gasteiger partial charge in [0, 0.05) is 13.7 Å². The topological polar surface area (TPSA) is 41.6 Å². The van der Waals surface area contributed by atoms with E-state index in [1.807, 2.05) is 18.7 Å². The fraction of sp³-hybridized carbons (Fsp3) is 0.909. The molecule has 0 spiro atoms. The van der Waals surface area contributed by atoms with Gasteiger partial charge in [-0.05, 0) is 33.2 Å². The van der Waals surface area contributed by atoms with Gasteiger partial charge in [-0.25, -0.2) is 0 Å². The number of hydrogen-bond acceptors (Lipinski definition) is 3. The van der Waals surface area contributed by atoms with Gasteiger partial charge < -0.3 is 15.0 Å². The van der Waals surface area contributed by atoms with Gasteiger partial charge in [0.25, 0.3) is 0 Å². The normalized spacial score (nSPS) is 22.7. The molecule has 1 amide bonds. The van der Waals surface area contributed by atoms with Gasteiger partial charge in [-0.1, -0.05) is 0 Å². The standard InChI is InChI=1S/C11H22N2O2/c1-4-13(9(2)8-15-3)11(14)10-6-5-7-12-10/h9-10,12H,4-8H2,1-3H3. The van der Waals surface area contributed by atoms with E-state index < -0.39 is 0 Å². The van der Waals surface area contributed by atoms with E-state index in [1.165, 1.54) is 0 Å². The summed E-state index contributed by atoms with van der Waals surface area (Å²) in [5, 5.41) is 3.24. The summed E-state index contributed by atoms with van der Waals surface area (Å²) < 4.78 is 5.08. The van der Waals surface area contributed by atoms with E-state index in [0.717, 1.165) is 25.9 Å². The molecule has 0 bridgehead atoms. The summed E-state index contributed by atoms with van der Waals surface area (Å²) >= 11 is 0. The average Bonchev–Trinajstić information content (AvgIpc) is 2.71. The van der Waals surface area contributed by atoms with Crippen molar-refractivity contribution in [1.29, 1.82) is 0 Å². The van der Waals surface area contributed by atoms with E-state index in [4.69, 9.17) is 4.74 Å². The van der Waals surface area contributed by atoms with Gasteiger partial charge in [0.05, 0.1) is 18.7 Å². The van der Waals surface area contributed by atoms with Crippen molar-refractivity contribution in [2.75, 3.05) is 26.8 Å². The lowest BCUT2D eigenvalue weighted by molar-refractivity contribution is -0.135. The number of nitrogens with zero attached hydrogens (tertiary/aromatic N) is 1. The zero-order valence-corrected chi connectivity index (χ0v) is 9.95. The van der Waals surface area contributed by atoms with Crippen molar-refractivity contribution in [3.05, 3.63) is 0 Å². The lowest BCUT2D eigenvalue weighted by Gasteiger charge is -2.30. The molecule has 1 heterocycles. The molecule has 0 aromatic heterocycles. The van der Waals surface area contributed by atoms with Crippen molar-refractivity contribution in [3.63, 3.8) is 0 Å². The van der Waals surface area contributed by atoms with E-state index in [1.54, 1.807) is 7.11 Å². The molecule has 1 aliphatic heterocycles. The molecule has 4 heteroatoms. The number of ether oxygens (including phenoxy) is 1. The highest BCUT2D eigenvalue weighted by molar-refractivity contribution is 5.82. The van der Waals surface area contributed by atoms with Crippen LogP contribution in [-0.2, 0) is 9.53 Å². The van der Waals surface area contributed by atoms with E-state index in [0.29, 0.717) is 6.61 Å². The molecule has 88 valence electrons. The Morgan fingerprint density at radius 3 is 2.87 bits per heavy atom. The molecule has 4 nitrogen and oxygen atoms in total. The van der Waals surface area contributed by atoms with Crippen molar-refractivity contribution in [3.8, 4) is 0 Å². The van der Waals surface area contributed by atoms with Crippen molar-refractivity contribution >= 4 is 5.91 Å². The highest BCUT2D eigenvalue weighted by Crippen LogP contribution is 2.11. The summed E-state index contributed by atoms with van der Waals surface area (Å²) in [6, 6.07) is 0.194. The van der Waals surface area contributed by atoms with E-state index >= 15 is 0 Å². The molecule has 15 heavy (non-hydrogen) atoms. The first-order valence-electron chi connectivity index (χ1n) is 5.73. The molecule has 0 aromatic rings. The molecular formula is C11H22N2O2. The van der Waals surface area contributed by atoms with Crippen LogP contribution in [0.5, 0.6) is 0 Å². The molecule has 2 atom stereocenters. The van der Waals surface area contributed by atoms with Crippen molar-refractivity contribution in [2.45, 2.75) is 38.8 Å². The number of rotatable bonds is 5. The third-order valence-corrected chi connectivity index (χ3v) is 2.92. The van der Waals surface area contributed by atoms with Gasteiger partial charge in [0.2, 0.25) is 5.91 Å². The van der Waals surface area contributed by atoms with Gasteiger partial charge in [0.15, 0.2) is 0 Å². The zero-order chi connectivity index (χ0) is 11.3. The number of likely N-dealkylation sites (N-methyl/N-ethyl adjacent to an activating group) is 1. The summed E-state index contributed by atoms with van der Waals surface area (Å²) in [6.07, 6.45) is 2.07. The Kier molecular flexibility index (Phi) is 5.05. The molecule has 0 saturated carbocycles. The molecule has 0 radical (unpaired) electrons. The minimum atomic E-state index is 0.0317. The van der Waals surface area contributed by atoms with Crippen molar-refractivity contribution < 1.29 is 9.53 Å². The molecule has 1 N–H and O–H groups in total. The fourth-order valence-corrected chi connectivity index (χ4v) is 2.11. The average molecular weight is 214 g/mol. The van der Waals surface area contributed by atoms with E-state index in [9.17, 15) is 4.79 Å². The fourth-order valence-electron chi connectivity index (χ4n) is 2.11. The first-order valence-corrected chi connectivity index (χ1v) is 5.73. The van der Waals surface area contributed by atoms with Crippen LogP contribution in [0.3, 0.4) is 0 Å². The zero-order valence-electron chi connectivity index (χ0n) is 9.95. The van der Waals surface area contributed by atoms with Gasteiger partial charge >= 0.3 is 0 Å². The largest absolute Gasteiger partial charge is 0.383 e. The minimum Gasteiger partial charge on any atom is -0.383 e. The van der Waals surface area contributed by atoms with Crippen LogP contribution in [-0.4, -0.2) is 49.7 Å². The Hall–Kier alpha value is -0.610. The second kappa shape index (κ2) is 6.08. The van der Waals surface area contributed by atoms with Gasteiger partial charge in [-0.15, -0.1) is 0 Å². The molecule has 1 aliphatic rings. The van der Waals surface area contributed by atoms with Crippen molar-refractivity contribution in [2.24, 2.45) is 0 Å². The maximum atomic E-state index is 12.1. The smallest absolute Gasteiger partial charge is 0.240 e. The maximum Gasteiger partial charge on any atom is 0.240 e. The Bertz CT molecular complexity index is 203. The Balaban J connectivity index is 2.52. The Morgan fingerprint density at radius 1 is 1.67 bits per heavy atom. The lowest BCUT2D eigenvalue weighted by atomic mass is 10.1. The van der Waals surface area contributed by atoms with E-state index in [-0.39, 0.29) is 18.0 Å². The van der Waals surface area contributed by atoms with Crippen LogP contribution in [0.1, 0.15) is 26.7 Å². The highest BCUT2D eigenvalue weighted by Gasteiger charge is 2.28. The second-order valence-corrected chi connectivity index (χ2v) is 4.08. The van der Waals surface area contributed by atoms with Crippen LogP contribution >= 0.6 is 0 Å². The van der Waals surface area contributed by atoms with Crippen LogP contribution < -0.4 is 5.32 Å². The summed E-state index contributed by atoms with van der Waals surface area (Å²) in [6.45, 7) is 6.36. The van der Waals surface area contributed by atoms with Crippen LogP contribution in [0.15, 0.2) is 0 Å². The molecule has 2 unspecified atom stereocenters. The molecule has 0 aromatic carbocycles. The quantitative estimate of drug-likeness (QED) is 0.729. The first-order chi connectivity index (χ1) is 7.20. The molecule has 1 fully saturated rings. The Labute approximate surface area is 92.0 Å². The van der Waals surface area contributed by atoms with Crippen LogP contribution in [0.4, 0.5) is 0 Å². The molecule has 0 aliphatic carbocycles. The van der Waals surface area contributed by atoms with Crippen LogP contribution in [0.2, 0.25) is 0 Å². The molecular weight excluding hydrogens is 192 g/mol. The molecule has 1 saturated heterocycles. The first kappa shape index (κ1) is 12.5. The summed E-state index contributed by atoms with van der Waals surface area (Å²) in [5.74, 6) is 0.222. The summed E-state index contributed by atoms with van der Waals surface area (Å²) in [7, 11) is 1.67. The second-order valence-electron chi connectivity index (χ2n) is 4.08. The highest BCUT2D eigenvalue weighted by atomic mass is 16.5. The van der Waals surface area contributed by atoms with Gasteiger partial charge in [-0.2, -0.15) is 0 Å². The number of hydrogen-bond donors (Lipinski definition) is 1. The van der Waals surface area contributed by atoms with E-state index in [2.05, 4.69) is 5.32 Å². The van der Waals surface area contributed by atoms with Gasteiger partial charge in [0.1, 0.15) is 0 Å². The Morgan fingerprint density at radius 2 is 2.40 bits per heavy atom. The third kappa shape index (κ3) is 3.18. The number of carbonyl (C=O) groups is 1. The van der Waals surface area contributed by atoms with Gasteiger partial charge in [-0.3, -0.25) is 4.79 Å². The van der Waals surface area contributed by atoms with Crippen LogP contribution in [0.25, 0.3) is 0 Å². The van der Waals surface area contributed by atoms with Crippen molar-refractivity contribution in [1.82, 2.24) is 10.2 Å². The molecule has 1 rings (SSSR count).